The Labute approximate surface area is 137 Å². The van der Waals surface area contributed by atoms with Gasteiger partial charge in [-0.3, -0.25) is 4.79 Å². The van der Waals surface area contributed by atoms with Gasteiger partial charge in [0, 0.05) is 0 Å². The number of aliphatic carboxylic acids is 1. The molecule has 2 rings (SSSR count). The van der Waals surface area contributed by atoms with E-state index in [0.29, 0.717) is 6.42 Å². The van der Waals surface area contributed by atoms with Crippen LogP contribution in [0, 0.1) is 13.8 Å². The van der Waals surface area contributed by atoms with Crippen molar-refractivity contribution in [2.24, 2.45) is 0 Å². The molecule has 0 aromatic heterocycles. The summed E-state index contributed by atoms with van der Waals surface area (Å²) in [6.07, 6.45) is 0.601. The number of ether oxygens (including phenoxy) is 1. The van der Waals surface area contributed by atoms with E-state index in [1.807, 2.05) is 70.2 Å². The molecule has 1 atom stereocenters. The molecule has 0 aliphatic heterocycles. The predicted molar refractivity (Wildman–Crippen MR) is 92.2 cm³/mol. The van der Waals surface area contributed by atoms with Crippen molar-refractivity contribution < 1.29 is 14.6 Å². The second-order valence-corrected chi connectivity index (χ2v) is 6.27. The second kappa shape index (κ2) is 7.32. The van der Waals surface area contributed by atoms with Crippen LogP contribution in [0.4, 0.5) is 0 Å². The number of benzene rings is 2. The van der Waals surface area contributed by atoms with Crippen LogP contribution in [0.15, 0.2) is 42.5 Å². The molecule has 2 aromatic rings. The molecular formula is C20H24O3. The predicted octanol–water partition coefficient (Wildman–Crippen LogP) is 4.50. The van der Waals surface area contributed by atoms with E-state index in [0.717, 1.165) is 28.0 Å². The van der Waals surface area contributed by atoms with Gasteiger partial charge in [-0.2, -0.15) is 0 Å². The highest BCUT2D eigenvalue weighted by molar-refractivity contribution is 5.77. The van der Waals surface area contributed by atoms with E-state index in [1.54, 1.807) is 0 Å². The van der Waals surface area contributed by atoms with Crippen molar-refractivity contribution in [3.05, 3.63) is 64.7 Å². The number of rotatable bonds is 6. The Kier molecular flexibility index (Phi) is 5.43. The molecule has 23 heavy (non-hydrogen) atoms. The third kappa shape index (κ3) is 4.59. The number of carboxylic acid groups (broad SMARTS) is 1. The Hall–Kier alpha value is -2.29. The van der Waals surface area contributed by atoms with E-state index >= 15 is 0 Å². The van der Waals surface area contributed by atoms with Gasteiger partial charge in [-0.15, -0.1) is 0 Å². The van der Waals surface area contributed by atoms with Gasteiger partial charge in [0.1, 0.15) is 5.75 Å². The van der Waals surface area contributed by atoms with Gasteiger partial charge < -0.3 is 9.84 Å². The molecule has 0 amide bonds. The Morgan fingerprint density at radius 3 is 2.30 bits per heavy atom. The molecule has 0 fully saturated rings. The van der Waals surface area contributed by atoms with Crippen LogP contribution in [-0.4, -0.2) is 17.2 Å². The van der Waals surface area contributed by atoms with Crippen molar-refractivity contribution >= 4 is 5.97 Å². The van der Waals surface area contributed by atoms with Crippen LogP contribution in [0.5, 0.6) is 5.75 Å². The number of hydrogen-bond acceptors (Lipinski definition) is 2. The molecule has 2 aromatic carbocycles. The minimum Gasteiger partial charge on any atom is -0.491 e. The molecule has 0 radical (unpaired) electrons. The Morgan fingerprint density at radius 2 is 1.74 bits per heavy atom. The number of carbonyl (C=O) groups is 1. The van der Waals surface area contributed by atoms with Gasteiger partial charge in [0.15, 0.2) is 0 Å². The number of aryl methyl sites for hydroxylation is 2. The first-order chi connectivity index (χ1) is 10.9. The van der Waals surface area contributed by atoms with Gasteiger partial charge in [0.05, 0.1) is 12.0 Å². The average Bonchev–Trinajstić information content (AvgIpc) is 2.48. The maximum atomic E-state index is 11.8. The molecule has 0 spiro atoms. The topological polar surface area (TPSA) is 46.5 Å². The summed E-state index contributed by atoms with van der Waals surface area (Å²) in [5, 5.41) is 9.65. The monoisotopic (exact) mass is 312 g/mol. The molecule has 0 saturated heterocycles. The van der Waals surface area contributed by atoms with Crippen LogP contribution in [0.1, 0.15) is 42.0 Å². The van der Waals surface area contributed by atoms with Gasteiger partial charge >= 0.3 is 5.97 Å². The van der Waals surface area contributed by atoms with E-state index in [4.69, 9.17) is 4.74 Å². The zero-order chi connectivity index (χ0) is 17.0. The molecule has 0 aliphatic carbocycles. The van der Waals surface area contributed by atoms with Gasteiger partial charge in [-0.1, -0.05) is 35.9 Å². The first kappa shape index (κ1) is 17.1. The van der Waals surface area contributed by atoms with E-state index in [1.165, 1.54) is 0 Å². The van der Waals surface area contributed by atoms with Crippen molar-refractivity contribution in [2.75, 3.05) is 0 Å². The molecule has 1 unspecified atom stereocenters. The molecule has 3 nitrogen and oxygen atoms in total. The standard InChI is InChI=1S/C20H24O3/c1-13(2)23-17-9-7-16(8-10-17)12-19(20(21)22)18-11-14(3)5-6-15(18)4/h5-11,13,19H,12H2,1-4H3,(H,21,22). The minimum atomic E-state index is -0.791. The average molecular weight is 312 g/mol. The van der Waals surface area contributed by atoms with Crippen molar-refractivity contribution in [1.82, 2.24) is 0 Å². The van der Waals surface area contributed by atoms with Crippen LogP contribution in [0.3, 0.4) is 0 Å². The van der Waals surface area contributed by atoms with Crippen LogP contribution >= 0.6 is 0 Å². The first-order valence-electron chi connectivity index (χ1n) is 7.92. The molecular weight excluding hydrogens is 288 g/mol. The van der Waals surface area contributed by atoms with Crippen LogP contribution < -0.4 is 4.74 Å². The Balaban J connectivity index is 2.23. The first-order valence-corrected chi connectivity index (χ1v) is 7.92. The lowest BCUT2D eigenvalue weighted by Crippen LogP contribution is -2.16. The van der Waals surface area contributed by atoms with E-state index in [9.17, 15) is 9.90 Å². The molecule has 122 valence electrons. The highest BCUT2D eigenvalue weighted by Crippen LogP contribution is 2.26. The van der Waals surface area contributed by atoms with Gasteiger partial charge in [-0.05, 0) is 62.9 Å². The number of hydrogen-bond donors (Lipinski definition) is 1. The molecule has 3 heteroatoms. The summed E-state index contributed by atoms with van der Waals surface area (Å²) in [6.45, 7) is 7.91. The lowest BCUT2D eigenvalue weighted by Gasteiger charge is -2.17. The highest BCUT2D eigenvalue weighted by Gasteiger charge is 2.22. The fraction of sp³-hybridized carbons (Fsp3) is 0.350. The second-order valence-electron chi connectivity index (χ2n) is 6.27. The molecule has 0 saturated carbocycles. The third-order valence-electron chi connectivity index (χ3n) is 3.84. The Bertz CT molecular complexity index is 672. The Morgan fingerprint density at radius 1 is 1.09 bits per heavy atom. The van der Waals surface area contributed by atoms with E-state index < -0.39 is 11.9 Å². The van der Waals surface area contributed by atoms with E-state index in [-0.39, 0.29) is 6.10 Å². The summed E-state index contributed by atoms with van der Waals surface area (Å²) >= 11 is 0. The van der Waals surface area contributed by atoms with Gasteiger partial charge in [0.25, 0.3) is 0 Å². The summed E-state index contributed by atoms with van der Waals surface area (Å²) in [6, 6.07) is 13.7. The summed E-state index contributed by atoms with van der Waals surface area (Å²) in [5.74, 6) is -0.518. The fourth-order valence-corrected chi connectivity index (χ4v) is 2.68. The SMILES string of the molecule is Cc1ccc(C)c(C(Cc2ccc(OC(C)C)cc2)C(=O)O)c1. The lowest BCUT2D eigenvalue weighted by molar-refractivity contribution is -0.138. The maximum Gasteiger partial charge on any atom is 0.311 e. The zero-order valence-electron chi connectivity index (χ0n) is 14.2. The van der Waals surface area contributed by atoms with Crippen LogP contribution in [0.2, 0.25) is 0 Å². The highest BCUT2D eigenvalue weighted by atomic mass is 16.5. The van der Waals surface area contributed by atoms with Crippen molar-refractivity contribution in [2.45, 2.75) is 46.1 Å². The molecule has 0 aliphatic rings. The summed E-state index contributed by atoms with van der Waals surface area (Å²) in [7, 11) is 0. The normalized spacial score (nSPS) is 12.2. The summed E-state index contributed by atoms with van der Waals surface area (Å²) < 4.78 is 5.62. The van der Waals surface area contributed by atoms with Crippen molar-refractivity contribution in [1.29, 1.82) is 0 Å². The third-order valence-corrected chi connectivity index (χ3v) is 3.84. The maximum absolute atomic E-state index is 11.8. The quantitative estimate of drug-likeness (QED) is 0.854. The van der Waals surface area contributed by atoms with Gasteiger partial charge in [-0.25, -0.2) is 0 Å². The smallest absolute Gasteiger partial charge is 0.311 e. The molecule has 0 bridgehead atoms. The minimum absolute atomic E-state index is 0.127. The van der Waals surface area contributed by atoms with Crippen molar-refractivity contribution in [3.8, 4) is 5.75 Å². The molecule has 0 heterocycles. The number of carboxylic acids is 1. The lowest BCUT2D eigenvalue weighted by atomic mass is 9.88. The summed E-state index contributed by atoms with van der Waals surface area (Å²) in [5.41, 5.74) is 3.98. The van der Waals surface area contributed by atoms with Crippen LogP contribution in [-0.2, 0) is 11.2 Å². The fourth-order valence-electron chi connectivity index (χ4n) is 2.68. The van der Waals surface area contributed by atoms with Crippen molar-refractivity contribution in [3.63, 3.8) is 0 Å². The zero-order valence-corrected chi connectivity index (χ0v) is 14.2. The van der Waals surface area contributed by atoms with Gasteiger partial charge in [0.2, 0.25) is 0 Å². The largest absolute Gasteiger partial charge is 0.491 e. The van der Waals surface area contributed by atoms with Crippen LogP contribution in [0.25, 0.3) is 0 Å². The van der Waals surface area contributed by atoms with E-state index in [2.05, 4.69) is 0 Å². The summed E-state index contributed by atoms with van der Waals surface area (Å²) in [4.78, 5) is 11.8. The molecule has 1 N–H and O–H groups in total.